The predicted octanol–water partition coefficient (Wildman–Crippen LogP) is 3.02. The highest BCUT2D eigenvalue weighted by Gasteiger charge is 2.06. The number of nitrogens with zero attached hydrogens (tertiary/aromatic N) is 3. The van der Waals surface area contributed by atoms with Crippen molar-refractivity contribution in [3.8, 4) is 0 Å². The Morgan fingerprint density at radius 3 is 2.86 bits per heavy atom. The van der Waals surface area contributed by atoms with E-state index in [0.29, 0.717) is 0 Å². The summed E-state index contributed by atoms with van der Waals surface area (Å²) in [5.41, 5.74) is 3.85. The third-order valence-corrected chi connectivity index (χ3v) is 3.89. The van der Waals surface area contributed by atoms with Crippen molar-refractivity contribution in [3.05, 3.63) is 54.2 Å². The highest BCUT2D eigenvalue weighted by atomic mass is 15.1. The zero-order valence-electron chi connectivity index (χ0n) is 12.7. The maximum absolute atomic E-state index is 4.24. The van der Waals surface area contributed by atoms with Crippen molar-refractivity contribution in [2.45, 2.75) is 33.5 Å². The van der Waals surface area contributed by atoms with Crippen LogP contribution in [0, 0.1) is 0 Å². The van der Waals surface area contributed by atoms with Crippen LogP contribution in [0.5, 0.6) is 0 Å². The van der Waals surface area contributed by atoms with Crippen molar-refractivity contribution in [3.63, 3.8) is 0 Å². The van der Waals surface area contributed by atoms with Crippen molar-refractivity contribution < 1.29 is 0 Å². The molecule has 1 aromatic carbocycles. The van der Waals surface area contributed by atoms with Crippen LogP contribution in [0.1, 0.15) is 25.1 Å². The number of hydrogen-bond acceptors (Lipinski definition) is 2. The van der Waals surface area contributed by atoms with Crippen LogP contribution in [0.4, 0.5) is 0 Å². The summed E-state index contributed by atoms with van der Waals surface area (Å²) in [5.74, 6) is 0. The monoisotopic (exact) mass is 282 g/mol. The van der Waals surface area contributed by atoms with E-state index in [1.54, 1.807) is 0 Å². The zero-order chi connectivity index (χ0) is 14.7. The molecule has 0 aliphatic heterocycles. The van der Waals surface area contributed by atoms with Crippen LogP contribution in [0.15, 0.2) is 43.0 Å². The Labute approximate surface area is 125 Å². The molecule has 0 bridgehead atoms. The lowest BCUT2D eigenvalue weighted by Gasteiger charge is -2.08. The van der Waals surface area contributed by atoms with Gasteiger partial charge >= 0.3 is 0 Å². The smallest absolute Gasteiger partial charge is 0.0948 e. The van der Waals surface area contributed by atoms with Crippen LogP contribution in [0.2, 0.25) is 0 Å². The standard InChI is InChI=1S/C17H22N4/c1-3-18-10-14-5-6-17-15(9-14)7-8-21(17)12-16-11-19-13-20(16)4-2/h5-9,11,13,18H,3-4,10,12H2,1-2H3. The van der Waals surface area contributed by atoms with E-state index in [1.807, 2.05) is 12.5 Å². The number of benzene rings is 1. The topological polar surface area (TPSA) is 34.8 Å². The van der Waals surface area contributed by atoms with Crippen molar-refractivity contribution in [2.24, 2.45) is 0 Å². The molecular weight excluding hydrogens is 260 g/mol. The number of imidazole rings is 1. The molecule has 110 valence electrons. The minimum absolute atomic E-state index is 0.865. The van der Waals surface area contributed by atoms with Gasteiger partial charge in [0.1, 0.15) is 0 Å². The summed E-state index contributed by atoms with van der Waals surface area (Å²) in [6.45, 7) is 8.03. The first-order valence-corrected chi connectivity index (χ1v) is 7.59. The molecule has 1 N–H and O–H groups in total. The largest absolute Gasteiger partial charge is 0.341 e. The lowest BCUT2D eigenvalue weighted by molar-refractivity contribution is 0.679. The molecule has 2 heterocycles. The Hall–Kier alpha value is -2.07. The normalized spacial score (nSPS) is 11.3. The molecule has 4 heteroatoms. The van der Waals surface area contributed by atoms with Gasteiger partial charge in [0.25, 0.3) is 0 Å². The predicted molar refractivity (Wildman–Crippen MR) is 86.3 cm³/mol. The van der Waals surface area contributed by atoms with Gasteiger partial charge in [-0.05, 0) is 42.6 Å². The Morgan fingerprint density at radius 1 is 1.14 bits per heavy atom. The molecule has 21 heavy (non-hydrogen) atoms. The van der Waals surface area contributed by atoms with Gasteiger partial charge in [0.05, 0.1) is 18.6 Å². The second-order valence-corrected chi connectivity index (χ2v) is 5.29. The number of hydrogen-bond donors (Lipinski definition) is 1. The van der Waals surface area contributed by atoms with Crippen LogP contribution in [-0.2, 0) is 19.6 Å². The second kappa shape index (κ2) is 6.14. The van der Waals surface area contributed by atoms with Gasteiger partial charge in [-0.25, -0.2) is 4.98 Å². The van der Waals surface area contributed by atoms with E-state index in [-0.39, 0.29) is 0 Å². The van der Waals surface area contributed by atoms with Gasteiger partial charge in [0.2, 0.25) is 0 Å². The molecule has 0 atom stereocenters. The molecule has 0 saturated carbocycles. The third-order valence-electron chi connectivity index (χ3n) is 3.89. The van der Waals surface area contributed by atoms with Crippen LogP contribution in [0.25, 0.3) is 10.9 Å². The Kier molecular flexibility index (Phi) is 4.06. The molecule has 3 aromatic rings. The van der Waals surface area contributed by atoms with Crippen molar-refractivity contribution >= 4 is 10.9 Å². The molecule has 0 saturated heterocycles. The second-order valence-electron chi connectivity index (χ2n) is 5.29. The number of aryl methyl sites for hydroxylation is 1. The zero-order valence-corrected chi connectivity index (χ0v) is 12.7. The van der Waals surface area contributed by atoms with Crippen LogP contribution < -0.4 is 5.32 Å². The van der Waals surface area contributed by atoms with E-state index < -0.39 is 0 Å². The van der Waals surface area contributed by atoms with E-state index in [0.717, 1.165) is 26.2 Å². The molecule has 0 radical (unpaired) electrons. The summed E-state index contributed by atoms with van der Waals surface area (Å²) in [6, 6.07) is 8.89. The maximum atomic E-state index is 4.24. The average molecular weight is 282 g/mol. The van der Waals surface area contributed by atoms with Gasteiger partial charge in [-0.15, -0.1) is 0 Å². The van der Waals surface area contributed by atoms with Crippen LogP contribution >= 0.6 is 0 Å². The Balaban J connectivity index is 1.86. The highest BCUT2D eigenvalue weighted by Crippen LogP contribution is 2.19. The molecule has 0 amide bonds. The summed E-state index contributed by atoms with van der Waals surface area (Å²) >= 11 is 0. The van der Waals surface area contributed by atoms with Crippen molar-refractivity contribution in [1.82, 2.24) is 19.4 Å². The molecule has 4 nitrogen and oxygen atoms in total. The quantitative estimate of drug-likeness (QED) is 0.754. The van der Waals surface area contributed by atoms with Crippen LogP contribution in [-0.4, -0.2) is 20.7 Å². The minimum atomic E-state index is 0.865. The molecule has 0 aliphatic rings. The summed E-state index contributed by atoms with van der Waals surface area (Å²) in [4.78, 5) is 4.24. The molecule has 0 unspecified atom stereocenters. The molecule has 0 fully saturated rings. The Morgan fingerprint density at radius 2 is 2.05 bits per heavy atom. The van der Waals surface area contributed by atoms with E-state index >= 15 is 0 Å². The number of fused-ring (bicyclic) bond motifs is 1. The van der Waals surface area contributed by atoms with E-state index in [2.05, 4.69) is 63.7 Å². The molecular formula is C17H22N4. The first-order chi connectivity index (χ1) is 10.3. The van der Waals surface area contributed by atoms with Crippen molar-refractivity contribution in [2.75, 3.05) is 6.54 Å². The molecule has 2 aromatic heterocycles. The minimum Gasteiger partial charge on any atom is -0.341 e. The summed E-state index contributed by atoms with van der Waals surface area (Å²) in [6.07, 6.45) is 6.01. The van der Waals surface area contributed by atoms with Gasteiger partial charge in [0.15, 0.2) is 0 Å². The molecule has 0 spiro atoms. The van der Waals surface area contributed by atoms with E-state index in [4.69, 9.17) is 0 Å². The summed E-state index contributed by atoms with van der Waals surface area (Å²) in [5, 5.41) is 4.67. The van der Waals surface area contributed by atoms with E-state index in [9.17, 15) is 0 Å². The van der Waals surface area contributed by atoms with E-state index in [1.165, 1.54) is 22.2 Å². The fourth-order valence-corrected chi connectivity index (χ4v) is 2.71. The van der Waals surface area contributed by atoms with Crippen molar-refractivity contribution in [1.29, 1.82) is 0 Å². The van der Waals surface area contributed by atoms with Gasteiger partial charge in [-0.3, -0.25) is 0 Å². The summed E-state index contributed by atoms with van der Waals surface area (Å²) in [7, 11) is 0. The van der Waals surface area contributed by atoms with Gasteiger partial charge in [-0.2, -0.15) is 0 Å². The van der Waals surface area contributed by atoms with Gasteiger partial charge in [-0.1, -0.05) is 13.0 Å². The maximum Gasteiger partial charge on any atom is 0.0948 e. The molecule has 3 rings (SSSR count). The summed E-state index contributed by atoms with van der Waals surface area (Å²) < 4.78 is 4.47. The fourth-order valence-electron chi connectivity index (χ4n) is 2.71. The number of rotatable bonds is 6. The SMILES string of the molecule is CCNCc1ccc2c(ccn2Cc2cncn2CC)c1. The third kappa shape index (κ3) is 2.85. The first-order valence-electron chi connectivity index (χ1n) is 7.59. The van der Waals surface area contributed by atoms with Crippen LogP contribution in [0.3, 0.4) is 0 Å². The Bertz CT molecular complexity index is 723. The fraction of sp³-hybridized carbons (Fsp3) is 0.353. The number of nitrogens with one attached hydrogen (secondary N) is 1. The lowest BCUT2D eigenvalue weighted by Crippen LogP contribution is -2.11. The number of aromatic nitrogens is 3. The van der Waals surface area contributed by atoms with Gasteiger partial charge < -0.3 is 14.5 Å². The lowest BCUT2D eigenvalue weighted by atomic mass is 10.1. The van der Waals surface area contributed by atoms with Gasteiger partial charge in [0, 0.05) is 31.0 Å². The highest BCUT2D eigenvalue weighted by molar-refractivity contribution is 5.81. The first kappa shape index (κ1) is 13.9. The average Bonchev–Trinajstić information content (AvgIpc) is 3.12. The molecule has 0 aliphatic carbocycles.